The molecular weight excluding hydrogens is 182 g/mol. The Hall–Kier alpha value is -1.42. The summed E-state index contributed by atoms with van der Waals surface area (Å²) in [6.07, 6.45) is 0.791. The number of carbonyl (C=O) groups excluding carboxylic acids is 1. The SMILES string of the molecule is CCc1cc(CO)nc(C(=O)OC)c1. The Kier molecular flexibility index (Phi) is 3.59. The lowest BCUT2D eigenvalue weighted by Crippen LogP contribution is -2.07. The molecule has 0 aliphatic rings. The summed E-state index contributed by atoms with van der Waals surface area (Å²) in [4.78, 5) is 15.1. The number of aromatic nitrogens is 1. The van der Waals surface area contributed by atoms with E-state index in [1.54, 1.807) is 12.1 Å². The van der Waals surface area contributed by atoms with E-state index in [2.05, 4.69) is 9.72 Å². The highest BCUT2D eigenvalue weighted by molar-refractivity contribution is 5.87. The zero-order valence-corrected chi connectivity index (χ0v) is 8.28. The second-order valence-corrected chi connectivity index (χ2v) is 2.86. The van der Waals surface area contributed by atoms with Crippen molar-refractivity contribution < 1.29 is 14.6 Å². The molecule has 4 nitrogen and oxygen atoms in total. The molecule has 1 aromatic rings. The van der Waals surface area contributed by atoms with Crippen LogP contribution in [-0.2, 0) is 17.8 Å². The molecule has 0 atom stereocenters. The summed E-state index contributed by atoms with van der Waals surface area (Å²) in [7, 11) is 1.31. The fraction of sp³-hybridized carbons (Fsp3) is 0.400. The van der Waals surface area contributed by atoms with Gasteiger partial charge in [0, 0.05) is 0 Å². The van der Waals surface area contributed by atoms with Gasteiger partial charge in [-0.25, -0.2) is 9.78 Å². The van der Waals surface area contributed by atoms with Crippen LogP contribution in [0.5, 0.6) is 0 Å². The third-order valence-electron chi connectivity index (χ3n) is 1.90. The number of esters is 1. The highest BCUT2D eigenvalue weighted by Gasteiger charge is 2.09. The van der Waals surface area contributed by atoms with Crippen molar-refractivity contribution in [3.05, 3.63) is 29.1 Å². The van der Waals surface area contributed by atoms with Crippen LogP contribution in [0, 0.1) is 0 Å². The number of rotatable bonds is 3. The standard InChI is InChI=1S/C10H13NO3/c1-3-7-4-8(6-12)11-9(5-7)10(13)14-2/h4-5,12H,3,6H2,1-2H3. The Balaban J connectivity index is 3.10. The van der Waals surface area contributed by atoms with Gasteiger partial charge in [-0.15, -0.1) is 0 Å². The third kappa shape index (κ3) is 2.29. The first-order valence-corrected chi connectivity index (χ1v) is 4.40. The number of hydrogen-bond acceptors (Lipinski definition) is 4. The molecule has 14 heavy (non-hydrogen) atoms. The lowest BCUT2D eigenvalue weighted by Gasteiger charge is -2.04. The molecule has 0 fully saturated rings. The van der Waals surface area contributed by atoms with E-state index in [-0.39, 0.29) is 12.3 Å². The lowest BCUT2D eigenvalue weighted by atomic mass is 10.1. The van der Waals surface area contributed by atoms with Crippen LogP contribution in [0.3, 0.4) is 0 Å². The number of aliphatic hydroxyl groups excluding tert-OH is 1. The minimum Gasteiger partial charge on any atom is -0.464 e. The quantitative estimate of drug-likeness (QED) is 0.729. The number of carbonyl (C=O) groups is 1. The van der Waals surface area contributed by atoms with Crippen LogP contribution in [0.2, 0.25) is 0 Å². The number of aliphatic hydroxyl groups is 1. The van der Waals surface area contributed by atoms with Gasteiger partial charge >= 0.3 is 5.97 Å². The van der Waals surface area contributed by atoms with Crippen LogP contribution in [-0.4, -0.2) is 23.2 Å². The molecule has 1 N–H and O–H groups in total. The van der Waals surface area contributed by atoms with Gasteiger partial charge in [-0.05, 0) is 24.1 Å². The first-order chi connectivity index (χ1) is 6.71. The van der Waals surface area contributed by atoms with Crippen LogP contribution in [0.1, 0.15) is 28.7 Å². The zero-order chi connectivity index (χ0) is 10.6. The summed E-state index contributed by atoms with van der Waals surface area (Å²) in [5, 5.41) is 8.92. The van der Waals surface area contributed by atoms with Gasteiger partial charge in [0.1, 0.15) is 5.69 Å². The number of ether oxygens (including phenoxy) is 1. The average molecular weight is 195 g/mol. The smallest absolute Gasteiger partial charge is 0.356 e. The minimum absolute atomic E-state index is 0.169. The topological polar surface area (TPSA) is 59.4 Å². The fourth-order valence-electron chi connectivity index (χ4n) is 1.14. The summed E-state index contributed by atoms with van der Waals surface area (Å²) in [5.74, 6) is -0.477. The van der Waals surface area contributed by atoms with Crippen molar-refractivity contribution in [1.29, 1.82) is 0 Å². The maximum absolute atomic E-state index is 11.2. The summed E-state index contributed by atoms with van der Waals surface area (Å²) in [5.41, 5.74) is 1.70. The summed E-state index contributed by atoms with van der Waals surface area (Å²) in [6, 6.07) is 3.44. The van der Waals surface area contributed by atoms with E-state index >= 15 is 0 Å². The van der Waals surface area contributed by atoms with E-state index in [9.17, 15) is 4.79 Å². The second-order valence-electron chi connectivity index (χ2n) is 2.86. The summed E-state index contributed by atoms with van der Waals surface area (Å²) in [6.45, 7) is 1.80. The van der Waals surface area contributed by atoms with Crippen LogP contribution in [0.25, 0.3) is 0 Å². The van der Waals surface area contributed by atoms with E-state index in [0.29, 0.717) is 5.69 Å². The van der Waals surface area contributed by atoms with Crippen molar-refractivity contribution in [3.8, 4) is 0 Å². The van der Waals surface area contributed by atoms with E-state index in [1.165, 1.54) is 7.11 Å². The average Bonchev–Trinajstić information content (AvgIpc) is 2.27. The second kappa shape index (κ2) is 4.72. The Labute approximate surface area is 82.5 Å². The molecule has 0 saturated heterocycles. The molecule has 4 heteroatoms. The first-order valence-electron chi connectivity index (χ1n) is 4.40. The number of aryl methyl sites for hydroxylation is 1. The van der Waals surface area contributed by atoms with Crippen molar-refractivity contribution in [3.63, 3.8) is 0 Å². The largest absolute Gasteiger partial charge is 0.464 e. The Bertz CT molecular complexity index is 314. The highest BCUT2D eigenvalue weighted by Crippen LogP contribution is 2.08. The molecule has 0 aliphatic heterocycles. The number of hydrogen-bond donors (Lipinski definition) is 1. The normalized spacial score (nSPS) is 9.93. The molecule has 1 aromatic heterocycles. The summed E-state index contributed by atoms with van der Waals surface area (Å²) < 4.78 is 4.55. The van der Waals surface area contributed by atoms with Crippen LogP contribution in [0.15, 0.2) is 12.1 Å². The van der Waals surface area contributed by atoms with Crippen LogP contribution < -0.4 is 0 Å². The van der Waals surface area contributed by atoms with Gasteiger partial charge in [0.15, 0.2) is 0 Å². The molecule has 1 rings (SSSR count). The van der Waals surface area contributed by atoms with Crippen LogP contribution in [0.4, 0.5) is 0 Å². The minimum atomic E-state index is -0.477. The van der Waals surface area contributed by atoms with Crippen molar-refractivity contribution in [1.82, 2.24) is 4.98 Å². The molecule has 0 unspecified atom stereocenters. The zero-order valence-electron chi connectivity index (χ0n) is 8.28. The third-order valence-corrected chi connectivity index (χ3v) is 1.90. The molecule has 0 amide bonds. The monoisotopic (exact) mass is 195 g/mol. The Morgan fingerprint density at radius 2 is 2.29 bits per heavy atom. The maximum Gasteiger partial charge on any atom is 0.356 e. The van der Waals surface area contributed by atoms with E-state index in [1.807, 2.05) is 6.92 Å². The molecule has 0 bridgehead atoms. The lowest BCUT2D eigenvalue weighted by molar-refractivity contribution is 0.0593. The maximum atomic E-state index is 11.2. The van der Waals surface area contributed by atoms with Gasteiger partial charge < -0.3 is 9.84 Å². The molecule has 76 valence electrons. The number of pyridine rings is 1. The van der Waals surface area contributed by atoms with Gasteiger partial charge in [-0.2, -0.15) is 0 Å². The highest BCUT2D eigenvalue weighted by atomic mass is 16.5. The molecule has 1 heterocycles. The van der Waals surface area contributed by atoms with Gasteiger partial charge in [-0.3, -0.25) is 0 Å². The molecule has 0 aromatic carbocycles. The Morgan fingerprint density at radius 1 is 1.57 bits per heavy atom. The molecule has 0 spiro atoms. The van der Waals surface area contributed by atoms with E-state index in [4.69, 9.17) is 5.11 Å². The Morgan fingerprint density at radius 3 is 2.79 bits per heavy atom. The van der Waals surface area contributed by atoms with Crippen molar-refractivity contribution in [2.24, 2.45) is 0 Å². The van der Waals surface area contributed by atoms with Crippen molar-refractivity contribution in [2.45, 2.75) is 20.0 Å². The van der Waals surface area contributed by atoms with Gasteiger partial charge in [-0.1, -0.05) is 6.92 Å². The fourth-order valence-corrected chi connectivity index (χ4v) is 1.14. The molecule has 0 radical (unpaired) electrons. The van der Waals surface area contributed by atoms with E-state index < -0.39 is 5.97 Å². The van der Waals surface area contributed by atoms with E-state index in [0.717, 1.165) is 12.0 Å². The van der Waals surface area contributed by atoms with Gasteiger partial charge in [0.05, 0.1) is 19.4 Å². The number of nitrogens with zero attached hydrogens (tertiary/aromatic N) is 1. The van der Waals surface area contributed by atoms with Gasteiger partial charge in [0.25, 0.3) is 0 Å². The predicted octanol–water partition coefficient (Wildman–Crippen LogP) is 0.923. The predicted molar refractivity (Wildman–Crippen MR) is 50.9 cm³/mol. The summed E-state index contributed by atoms with van der Waals surface area (Å²) >= 11 is 0. The molecule has 0 aliphatic carbocycles. The van der Waals surface area contributed by atoms with Crippen molar-refractivity contribution in [2.75, 3.05) is 7.11 Å². The van der Waals surface area contributed by atoms with Crippen LogP contribution >= 0.6 is 0 Å². The van der Waals surface area contributed by atoms with Crippen molar-refractivity contribution >= 4 is 5.97 Å². The molecule has 0 saturated carbocycles. The first kappa shape index (κ1) is 10.7. The van der Waals surface area contributed by atoms with Gasteiger partial charge in [0.2, 0.25) is 0 Å². The number of methoxy groups -OCH3 is 1. The molecular formula is C10H13NO3.